The van der Waals surface area contributed by atoms with Gasteiger partial charge in [-0.2, -0.15) is 5.26 Å². The van der Waals surface area contributed by atoms with Crippen molar-refractivity contribution < 1.29 is 0 Å². The Hall–Kier alpha value is -2.93. The van der Waals surface area contributed by atoms with Crippen molar-refractivity contribution in [3.8, 4) is 17.2 Å². The van der Waals surface area contributed by atoms with Crippen LogP contribution in [-0.2, 0) is 13.0 Å². The number of piperazine rings is 1. The Morgan fingerprint density at radius 3 is 2.43 bits per heavy atom. The number of nitrogens with one attached hydrogen (secondary N) is 1. The molecule has 3 aromatic carbocycles. The molecule has 28 heavy (non-hydrogen) atoms. The highest BCUT2D eigenvalue weighted by Gasteiger charge is 2.19. The topological polar surface area (TPSA) is 39.1 Å². The normalized spacial score (nSPS) is 17.2. The Morgan fingerprint density at radius 2 is 1.64 bits per heavy atom. The van der Waals surface area contributed by atoms with E-state index in [1.165, 1.54) is 11.1 Å². The summed E-state index contributed by atoms with van der Waals surface area (Å²) in [5.41, 5.74) is 5.53. The van der Waals surface area contributed by atoms with Gasteiger partial charge in [0.15, 0.2) is 0 Å². The highest BCUT2D eigenvalue weighted by atomic mass is 15.2. The second-order valence-electron chi connectivity index (χ2n) is 7.43. The molecule has 0 spiro atoms. The predicted octanol–water partition coefficient (Wildman–Crippen LogP) is 4.24. The lowest BCUT2D eigenvalue weighted by Gasteiger charge is -2.34. The molecule has 1 N–H and O–H groups in total. The van der Waals surface area contributed by atoms with E-state index in [4.69, 9.17) is 0 Å². The summed E-state index contributed by atoms with van der Waals surface area (Å²) in [7, 11) is 0. The van der Waals surface area contributed by atoms with Crippen molar-refractivity contribution in [2.45, 2.75) is 19.0 Å². The molecule has 0 unspecified atom stereocenters. The molecule has 1 saturated heterocycles. The smallest absolute Gasteiger partial charge is 0.0998 e. The summed E-state index contributed by atoms with van der Waals surface area (Å²) in [6.07, 6.45) is 1.07. The summed E-state index contributed by atoms with van der Waals surface area (Å²) in [5.74, 6) is 0. The van der Waals surface area contributed by atoms with E-state index in [0.717, 1.165) is 49.3 Å². The lowest BCUT2D eigenvalue weighted by Crippen LogP contribution is -2.51. The van der Waals surface area contributed by atoms with Crippen LogP contribution in [0.2, 0.25) is 0 Å². The van der Waals surface area contributed by atoms with Gasteiger partial charge in [0.05, 0.1) is 11.6 Å². The molecule has 4 rings (SSSR count). The number of nitrogens with zero attached hydrogens (tertiary/aromatic N) is 2. The molecule has 1 aliphatic heterocycles. The van der Waals surface area contributed by atoms with Gasteiger partial charge in [0.25, 0.3) is 0 Å². The minimum Gasteiger partial charge on any atom is -0.311 e. The highest BCUT2D eigenvalue weighted by molar-refractivity contribution is 5.70. The first-order valence-corrected chi connectivity index (χ1v) is 9.90. The van der Waals surface area contributed by atoms with E-state index in [-0.39, 0.29) is 0 Å². The van der Waals surface area contributed by atoms with Crippen LogP contribution in [0.15, 0.2) is 78.9 Å². The van der Waals surface area contributed by atoms with Crippen LogP contribution in [0.5, 0.6) is 0 Å². The van der Waals surface area contributed by atoms with Gasteiger partial charge in [0.2, 0.25) is 0 Å². The lowest BCUT2D eigenvalue weighted by atomic mass is 9.99. The molecule has 1 fully saturated rings. The second-order valence-corrected chi connectivity index (χ2v) is 7.43. The number of rotatable bonds is 5. The average Bonchev–Trinajstić information content (AvgIpc) is 2.75. The van der Waals surface area contributed by atoms with Gasteiger partial charge in [-0.1, -0.05) is 72.8 Å². The quantitative estimate of drug-likeness (QED) is 0.733. The van der Waals surface area contributed by atoms with Gasteiger partial charge < -0.3 is 5.32 Å². The number of hydrogen-bond acceptors (Lipinski definition) is 3. The highest BCUT2D eigenvalue weighted by Crippen LogP contribution is 2.24. The van der Waals surface area contributed by atoms with Crippen LogP contribution in [0, 0.1) is 11.3 Å². The fraction of sp³-hybridized carbons (Fsp3) is 0.240. The summed E-state index contributed by atoms with van der Waals surface area (Å²) in [6.45, 7) is 4.14. The van der Waals surface area contributed by atoms with E-state index in [0.29, 0.717) is 6.04 Å². The first kappa shape index (κ1) is 18.4. The SMILES string of the molecule is N#Cc1ccccc1-c1ccc(CN2CCN[C@@H](Cc3ccccc3)C2)cc1. The summed E-state index contributed by atoms with van der Waals surface area (Å²) in [6, 6.07) is 29.9. The van der Waals surface area contributed by atoms with E-state index in [2.05, 4.69) is 70.9 Å². The third-order valence-corrected chi connectivity index (χ3v) is 5.38. The molecule has 0 radical (unpaired) electrons. The minimum atomic E-state index is 0.498. The van der Waals surface area contributed by atoms with Gasteiger partial charge in [-0.25, -0.2) is 0 Å². The fourth-order valence-corrected chi connectivity index (χ4v) is 3.95. The Morgan fingerprint density at radius 1 is 0.893 bits per heavy atom. The van der Waals surface area contributed by atoms with E-state index in [1.807, 2.05) is 24.3 Å². The van der Waals surface area contributed by atoms with Crippen molar-refractivity contribution >= 4 is 0 Å². The third-order valence-electron chi connectivity index (χ3n) is 5.38. The van der Waals surface area contributed by atoms with E-state index in [9.17, 15) is 5.26 Å². The molecule has 0 saturated carbocycles. The maximum Gasteiger partial charge on any atom is 0.0998 e. The van der Waals surface area contributed by atoms with Crippen LogP contribution in [0.4, 0.5) is 0 Å². The molecule has 1 aliphatic rings. The predicted molar refractivity (Wildman–Crippen MR) is 114 cm³/mol. The summed E-state index contributed by atoms with van der Waals surface area (Å²) >= 11 is 0. The first-order valence-electron chi connectivity index (χ1n) is 9.90. The Bertz CT molecular complexity index is 942. The Balaban J connectivity index is 1.39. The molecule has 0 aliphatic carbocycles. The maximum absolute atomic E-state index is 9.32. The Kier molecular flexibility index (Phi) is 5.82. The summed E-state index contributed by atoms with van der Waals surface area (Å²) < 4.78 is 0. The number of benzene rings is 3. The zero-order chi connectivity index (χ0) is 19.2. The van der Waals surface area contributed by atoms with Crippen LogP contribution in [0.3, 0.4) is 0 Å². The molecule has 0 aromatic heterocycles. The largest absolute Gasteiger partial charge is 0.311 e. The fourth-order valence-electron chi connectivity index (χ4n) is 3.95. The average molecular weight is 367 g/mol. The zero-order valence-corrected chi connectivity index (χ0v) is 16.0. The van der Waals surface area contributed by atoms with Gasteiger partial charge in [0.1, 0.15) is 0 Å². The van der Waals surface area contributed by atoms with Gasteiger partial charge in [-0.05, 0) is 34.7 Å². The van der Waals surface area contributed by atoms with Gasteiger partial charge in [-0.15, -0.1) is 0 Å². The molecule has 1 atom stereocenters. The van der Waals surface area contributed by atoms with E-state index >= 15 is 0 Å². The third kappa shape index (κ3) is 4.48. The van der Waals surface area contributed by atoms with Crippen LogP contribution >= 0.6 is 0 Å². The second kappa shape index (κ2) is 8.84. The van der Waals surface area contributed by atoms with Crippen LogP contribution in [0.25, 0.3) is 11.1 Å². The van der Waals surface area contributed by atoms with Crippen molar-refractivity contribution in [3.05, 3.63) is 95.6 Å². The first-order chi connectivity index (χ1) is 13.8. The number of nitriles is 1. The van der Waals surface area contributed by atoms with E-state index < -0.39 is 0 Å². The summed E-state index contributed by atoms with van der Waals surface area (Å²) in [5, 5.41) is 13.0. The molecular formula is C25H25N3. The maximum atomic E-state index is 9.32. The zero-order valence-electron chi connectivity index (χ0n) is 16.0. The van der Waals surface area contributed by atoms with E-state index in [1.54, 1.807) is 0 Å². The van der Waals surface area contributed by atoms with Crippen molar-refractivity contribution in [1.29, 1.82) is 5.26 Å². The van der Waals surface area contributed by atoms with Gasteiger partial charge in [-0.3, -0.25) is 4.90 Å². The molecule has 1 heterocycles. The van der Waals surface area contributed by atoms with Crippen molar-refractivity contribution in [2.75, 3.05) is 19.6 Å². The van der Waals surface area contributed by atoms with Crippen LogP contribution < -0.4 is 5.32 Å². The minimum absolute atomic E-state index is 0.498. The van der Waals surface area contributed by atoms with Gasteiger partial charge in [0, 0.05) is 32.2 Å². The molecule has 3 nitrogen and oxygen atoms in total. The molecule has 3 aromatic rings. The summed E-state index contributed by atoms with van der Waals surface area (Å²) in [4.78, 5) is 2.53. The monoisotopic (exact) mass is 367 g/mol. The molecule has 0 bridgehead atoms. The Labute approximate surface area is 167 Å². The molecule has 3 heteroatoms. The van der Waals surface area contributed by atoms with Gasteiger partial charge >= 0.3 is 0 Å². The number of hydrogen-bond donors (Lipinski definition) is 1. The van der Waals surface area contributed by atoms with Crippen LogP contribution in [-0.4, -0.2) is 30.6 Å². The lowest BCUT2D eigenvalue weighted by molar-refractivity contribution is 0.192. The standard InChI is InChI=1S/C25H25N3/c26-17-23-8-4-5-9-25(23)22-12-10-21(11-13-22)18-28-15-14-27-24(19-28)16-20-6-2-1-3-7-20/h1-13,24,27H,14-16,18-19H2/t24-/m0/s1. The van der Waals surface area contributed by atoms with Crippen LogP contribution in [0.1, 0.15) is 16.7 Å². The van der Waals surface area contributed by atoms with Crippen molar-refractivity contribution in [3.63, 3.8) is 0 Å². The molecule has 140 valence electrons. The van der Waals surface area contributed by atoms with Crippen molar-refractivity contribution in [2.24, 2.45) is 0 Å². The van der Waals surface area contributed by atoms with Crippen molar-refractivity contribution in [1.82, 2.24) is 10.2 Å². The molecule has 0 amide bonds. The molecular weight excluding hydrogens is 342 g/mol.